The van der Waals surface area contributed by atoms with E-state index in [1.54, 1.807) is 0 Å². The Morgan fingerprint density at radius 1 is 1.36 bits per heavy atom. The molecule has 0 bridgehead atoms. The van der Waals surface area contributed by atoms with Crippen LogP contribution in [0.15, 0.2) is 30.5 Å². The number of hydrogen-bond donors (Lipinski definition) is 2. The Morgan fingerprint density at radius 2 is 2.16 bits per heavy atom. The maximum Gasteiger partial charge on any atom is 0.319 e. The first-order chi connectivity index (χ1) is 12.2. The monoisotopic (exact) mass is 342 g/mol. The quantitative estimate of drug-likeness (QED) is 0.806. The summed E-state index contributed by atoms with van der Waals surface area (Å²) in [5.41, 5.74) is 1.88. The summed E-state index contributed by atoms with van der Waals surface area (Å²) in [4.78, 5) is 16.7. The normalized spacial score (nSPS) is 14.0. The molecule has 0 unspecified atom stereocenters. The second-order valence-corrected chi connectivity index (χ2v) is 6.33. The van der Waals surface area contributed by atoms with Gasteiger partial charge in [0, 0.05) is 30.9 Å². The van der Waals surface area contributed by atoms with Gasteiger partial charge in [-0.1, -0.05) is 12.1 Å². The number of urea groups is 1. The molecule has 1 aromatic heterocycles. The molecule has 0 aliphatic heterocycles. The summed E-state index contributed by atoms with van der Waals surface area (Å²) < 4.78 is 7.85. The highest BCUT2D eigenvalue weighted by molar-refractivity contribution is 5.90. The van der Waals surface area contributed by atoms with E-state index in [4.69, 9.17) is 4.74 Å². The van der Waals surface area contributed by atoms with Crippen molar-refractivity contribution in [2.75, 3.05) is 18.5 Å². The first-order valence-corrected chi connectivity index (χ1v) is 8.98. The lowest BCUT2D eigenvalue weighted by Crippen LogP contribution is -2.31. The highest BCUT2D eigenvalue weighted by atomic mass is 16.5. The van der Waals surface area contributed by atoms with Gasteiger partial charge in [0.1, 0.15) is 11.6 Å². The van der Waals surface area contributed by atoms with Crippen LogP contribution in [0.1, 0.15) is 43.7 Å². The number of carbonyl (C=O) groups excluding carboxylic acids is 1. The van der Waals surface area contributed by atoms with Gasteiger partial charge in [-0.25, -0.2) is 9.78 Å². The third kappa shape index (κ3) is 4.13. The summed E-state index contributed by atoms with van der Waals surface area (Å²) in [5.74, 6) is 1.73. The Labute approximate surface area is 148 Å². The number of carbonyl (C=O) groups is 1. The second-order valence-electron chi connectivity index (χ2n) is 6.33. The van der Waals surface area contributed by atoms with Gasteiger partial charge in [0.15, 0.2) is 0 Å². The van der Waals surface area contributed by atoms with Crippen molar-refractivity contribution in [2.24, 2.45) is 0 Å². The molecule has 134 valence electrons. The molecule has 0 saturated heterocycles. The predicted octanol–water partition coefficient (Wildman–Crippen LogP) is 3.68. The smallest absolute Gasteiger partial charge is 0.319 e. The third-order valence-electron chi connectivity index (χ3n) is 4.57. The van der Waals surface area contributed by atoms with Crippen LogP contribution >= 0.6 is 0 Å². The molecule has 1 saturated carbocycles. The topological polar surface area (TPSA) is 68.2 Å². The molecule has 2 N–H and O–H groups in total. The summed E-state index contributed by atoms with van der Waals surface area (Å²) in [6, 6.07) is 7.79. The van der Waals surface area contributed by atoms with Crippen LogP contribution in [-0.2, 0) is 6.42 Å². The predicted molar refractivity (Wildman–Crippen MR) is 98.2 cm³/mol. The number of benzene rings is 1. The van der Waals surface area contributed by atoms with Crippen molar-refractivity contribution in [2.45, 2.75) is 45.6 Å². The first-order valence-electron chi connectivity index (χ1n) is 8.98. The van der Waals surface area contributed by atoms with Gasteiger partial charge in [-0.15, -0.1) is 0 Å². The minimum Gasteiger partial charge on any atom is -0.492 e. The minimum absolute atomic E-state index is 0.231. The number of nitrogens with zero attached hydrogens (tertiary/aromatic N) is 2. The van der Waals surface area contributed by atoms with Crippen molar-refractivity contribution in [1.82, 2.24) is 14.9 Å². The number of nitrogens with one attached hydrogen (secondary N) is 2. The van der Waals surface area contributed by atoms with E-state index in [9.17, 15) is 4.79 Å². The standard InChI is InChI=1S/C19H26N4O2/c1-3-25-17-10-5-4-9-16(17)22-19(24)20-12-11-18-21-13-14(2)23(18)15-7-6-8-15/h4-5,9-10,13,15H,3,6-8,11-12H2,1-2H3,(H2,20,22,24). The minimum atomic E-state index is -0.231. The number of para-hydroxylation sites is 2. The van der Waals surface area contributed by atoms with Gasteiger partial charge in [0.25, 0.3) is 0 Å². The number of rotatable bonds is 7. The molecule has 0 atom stereocenters. The van der Waals surface area contributed by atoms with Crippen LogP contribution < -0.4 is 15.4 Å². The molecule has 2 amide bonds. The van der Waals surface area contributed by atoms with Crippen LogP contribution in [0.5, 0.6) is 5.75 Å². The molecule has 1 aliphatic carbocycles. The zero-order chi connectivity index (χ0) is 17.6. The summed E-state index contributed by atoms with van der Waals surface area (Å²) in [6.07, 6.45) is 6.40. The Morgan fingerprint density at radius 3 is 2.88 bits per heavy atom. The van der Waals surface area contributed by atoms with Crippen molar-refractivity contribution in [3.8, 4) is 5.75 Å². The molecule has 2 aromatic rings. The third-order valence-corrected chi connectivity index (χ3v) is 4.57. The highest BCUT2D eigenvalue weighted by Gasteiger charge is 2.23. The molecule has 25 heavy (non-hydrogen) atoms. The van der Waals surface area contributed by atoms with Crippen LogP contribution in [-0.4, -0.2) is 28.7 Å². The lowest BCUT2D eigenvalue weighted by molar-refractivity contribution is 0.251. The number of ether oxygens (including phenoxy) is 1. The maximum absolute atomic E-state index is 12.1. The summed E-state index contributed by atoms with van der Waals surface area (Å²) in [7, 11) is 0. The average Bonchev–Trinajstić information content (AvgIpc) is 2.89. The zero-order valence-corrected chi connectivity index (χ0v) is 14.9. The fourth-order valence-electron chi connectivity index (χ4n) is 3.13. The number of amides is 2. The largest absolute Gasteiger partial charge is 0.492 e. The molecule has 0 radical (unpaired) electrons. The van der Waals surface area contributed by atoms with Gasteiger partial charge in [0.05, 0.1) is 12.3 Å². The van der Waals surface area contributed by atoms with Crippen molar-refractivity contribution in [1.29, 1.82) is 0 Å². The molecule has 3 rings (SSSR count). The highest BCUT2D eigenvalue weighted by Crippen LogP contribution is 2.33. The number of imidazole rings is 1. The number of aromatic nitrogens is 2. The van der Waals surface area contributed by atoms with Gasteiger partial charge < -0.3 is 19.9 Å². The van der Waals surface area contributed by atoms with E-state index >= 15 is 0 Å². The van der Waals surface area contributed by atoms with Gasteiger partial charge in [-0.05, 0) is 45.2 Å². The zero-order valence-electron chi connectivity index (χ0n) is 14.9. The fourth-order valence-corrected chi connectivity index (χ4v) is 3.13. The van der Waals surface area contributed by atoms with E-state index in [2.05, 4.69) is 27.1 Å². The van der Waals surface area contributed by atoms with Crippen molar-refractivity contribution in [3.63, 3.8) is 0 Å². The molecular formula is C19H26N4O2. The summed E-state index contributed by atoms with van der Waals surface area (Å²) in [5, 5.41) is 5.75. The van der Waals surface area contributed by atoms with Crippen molar-refractivity contribution < 1.29 is 9.53 Å². The second kappa shape index (κ2) is 8.05. The van der Waals surface area contributed by atoms with Crippen molar-refractivity contribution in [3.05, 3.63) is 42.0 Å². The Balaban J connectivity index is 1.52. The molecular weight excluding hydrogens is 316 g/mol. The Bertz CT molecular complexity index is 722. The Hall–Kier alpha value is -2.50. The average molecular weight is 342 g/mol. The van der Waals surface area contributed by atoms with Crippen molar-refractivity contribution >= 4 is 11.7 Å². The molecule has 6 nitrogen and oxygen atoms in total. The van der Waals surface area contributed by atoms with Crippen LogP contribution in [0.3, 0.4) is 0 Å². The summed E-state index contributed by atoms with van der Waals surface area (Å²) >= 11 is 0. The maximum atomic E-state index is 12.1. The van der Waals surface area contributed by atoms with E-state index in [-0.39, 0.29) is 6.03 Å². The fraction of sp³-hybridized carbons (Fsp3) is 0.474. The van der Waals surface area contributed by atoms with Gasteiger partial charge in [-0.2, -0.15) is 0 Å². The van der Waals surface area contributed by atoms with Crippen LogP contribution in [0.25, 0.3) is 0 Å². The SMILES string of the molecule is CCOc1ccccc1NC(=O)NCCc1ncc(C)n1C1CCC1. The van der Waals surface area contributed by atoms with Crippen LogP contribution in [0, 0.1) is 6.92 Å². The number of hydrogen-bond acceptors (Lipinski definition) is 3. The van der Waals surface area contributed by atoms with Crippen LogP contribution in [0.4, 0.5) is 10.5 Å². The van der Waals surface area contributed by atoms with E-state index < -0.39 is 0 Å². The van der Waals surface area contributed by atoms with E-state index in [1.807, 2.05) is 37.4 Å². The van der Waals surface area contributed by atoms with Gasteiger partial charge in [0.2, 0.25) is 0 Å². The number of anilines is 1. The number of aryl methyl sites for hydroxylation is 1. The van der Waals surface area contributed by atoms with Gasteiger partial charge in [-0.3, -0.25) is 0 Å². The van der Waals surface area contributed by atoms with Crippen LogP contribution in [0.2, 0.25) is 0 Å². The van der Waals surface area contributed by atoms with E-state index in [0.29, 0.717) is 30.6 Å². The molecule has 1 aromatic carbocycles. The lowest BCUT2D eigenvalue weighted by Gasteiger charge is -2.29. The van der Waals surface area contributed by atoms with E-state index in [1.165, 1.54) is 25.0 Å². The van der Waals surface area contributed by atoms with Gasteiger partial charge >= 0.3 is 6.03 Å². The Kier molecular flexibility index (Phi) is 5.58. The molecule has 1 fully saturated rings. The molecule has 0 spiro atoms. The lowest BCUT2D eigenvalue weighted by atomic mass is 9.92. The van der Waals surface area contributed by atoms with E-state index in [0.717, 1.165) is 12.2 Å². The molecule has 6 heteroatoms. The summed E-state index contributed by atoms with van der Waals surface area (Å²) in [6.45, 7) is 5.12. The molecule has 1 heterocycles. The molecule has 1 aliphatic rings. The first kappa shape index (κ1) is 17.3.